The van der Waals surface area contributed by atoms with Gasteiger partial charge in [-0.05, 0) is 20.3 Å². The Morgan fingerprint density at radius 1 is 1.29 bits per heavy atom. The molecular weight excluding hydrogens is 191 g/mol. The second-order valence-corrected chi connectivity index (χ2v) is 5.53. The summed E-state index contributed by atoms with van der Waals surface area (Å²) in [5.74, 6) is 0. The molecule has 1 unspecified atom stereocenters. The van der Waals surface area contributed by atoms with Gasteiger partial charge in [-0.25, -0.2) is 0 Å². The highest BCUT2D eigenvalue weighted by molar-refractivity contribution is 7.53. The Morgan fingerprint density at radius 2 is 1.93 bits per heavy atom. The molecule has 0 amide bonds. The largest absolute Gasteiger partial charge is 0.322 e. The van der Waals surface area contributed by atoms with Gasteiger partial charge >= 0.3 is 0 Å². The van der Waals surface area contributed by atoms with Crippen LogP contribution in [0.15, 0.2) is 42.0 Å². The summed E-state index contributed by atoms with van der Waals surface area (Å²) < 4.78 is 11.8. The molecule has 0 aliphatic rings. The number of hydrogen-bond donors (Lipinski definition) is 0. The zero-order chi connectivity index (χ0) is 10.4. The van der Waals surface area contributed by atoms with Gasteiger partial charge in [-0.2, -0.15) is 0 Å². The van der Waals surface area contributed by atoms with Crippen LogP contribution in [0.3, 0.4) is 0 Å². The second-order valence-electron chi connectivity index (χ2n) is 3.61. The first-order valence-corrected chi connectivity index (χ1v) is 6.53. The van der Waals surface area contributed by atoms with Crippen LogP contribution in [0.5, 0.6) is 0 Å². The minimum absolute atomic E-state index is 0.792. The van der Waals surface area contributed by atoms with Crippen LogP contribution in [0.1, 0.15) is 20.3 Å². The Bertz CT molecular complexity index is 323. The van der Waals surface area contributed by atoms with Gasteiger partial charge in [0.1, 0.15) is 7.80 Å². The summed E-state index contributed by atoms with van der Waals surface area (Å²) in [6.45, 7) is 4.14. The van der Waals surface area contributed by atoms with E-state index in [0.29, 0.717) is 0 Å². The molecule has 0 N–H and O–H groups in total. The monoisotopic (exact) mass is 208 g/mol. The fraction of sp³-hybridized carbons (Fsp3) is 0.333. The Hall–Kier alpha value is -0.810. The van der Waals surface area contributed by atoms with Gasteiger partial charge in [0.15, 0.2) is 0 Å². The van der Waals surface area contributed by atoms with Crippen LogP contribution in [0.4, 0.5) is 0 Å². The first-order chi connectivity index (χ1) is 6.70. The normalized spacial score (nSPS) is 12.1. The van der Waals surface area contributed by atoms with Crippen molar-refractivity contribution in [2.24, 2.45) is 0 Å². The molecule has 0 bridgehead atoms. The lowest BCUT2D eigenvalue weighted by molar-refractivity contribution is 0.593. The van der Waals surface area contributed by atoms with E-state index < -0.39 is 7.80 Å². The van der Waals surface area contributed by atoms with Crippen molar-refractivity contribution < 1.29 is 4.57 Å². The molecule has 76 valence electrons. The van der Waals surface area contributed by atoms with Gasteiger partial charge in [0.2, 0.25) is 0 Å². The highest BCUT2D eigenvalue weighted by Gasteiger charge is 2.00. The number of allylic oxidation sites excluding steroid dienone is 2. The highest BCUT2D eigenvalue weighted by Crippen LogP contribution is 2.20. The molecule has 0 heterocycles. The second kappa shape index (κ2) is 5.82. The van der Waals surface area contributed by atoms with Crippen molar-refractivity contribution in [1.29, 1.82) is 0 Å². The standard InChI is InChI=1S/C12H17OP/c1-11(2)7-6-10-14(13)12-8-4-3-5-9-12/h3-5,7-9,14H,6,10H2,1-2H3. The highest BCUT2D eigenvalue weighted by atomic mass is 31.1. The molecule has 14 heavy (non-hydrogen) atoms. The van der Waals surface area contributed by atoms with E-state index in [1.165, 1.54) is 5.57 Å². The molecule has 1 aromatic rings. The minimum atomic E-state index is -1.56. The average Bonchev–Trinajstić information content (AvgIpc) is 2.18. The maximum atomic E-state index is 11.8. The van der Waals surface area contributed by atoms with Crippen molar-refractivity contribution in [2.45, 2.75) is 20.3 Å². The fourth-order valence-electron chi connectivity index (χ4n) is 1.26. The topological polar surface area (TPSA) is 17.1 Å². The lowest BCUT2D eigenvalue weighted by Crippen LogP contribution is -1.96. The van der Waals surface area contributed by atoms with Crippen LogP contribution in [-0.2, 0) is 4.57 Å². The summed E-state index contributed by atoms with van der Waals surface area (Å²) >= 11 is 0. The molecule has 1 rings (SSSR count). The summed E-state index contributed by atoms with van der Waals surface area (Å²) in [5, 5.41) is 1.000. The third-order valence-corrected chi connectivity index (χ3v) is 3.74. The fourth-order valence-corrected chi connectivity index (χ4v) is 2.52. The Labute approximate surface area is 86.6 Å². The van der Waals surface area contributed by atoms with E-state index in [4.69, 9.17) is 0 Å². The van der Waals surface area contributed by atoms with E-state index in [1.54, 1.807) is 0 Å². The SMILES string of the molecule is CC(C)=CCC[PH](=O)c1ccccc1. The van der Waals surface area contributed by atoms with Crippen molar-refractivity contribution in [3.05, 3.63) is 42.0 Å². The predicted molar refractivity (Wildman–Crippen MR) is 64.0 cm³/mol. The molecule has 1 atom stereocenters. The molecule has 0 aromatic heterocycles. The van der Waals surface area contributed by atoms with Gasteiger partial charge < -0.3 is 4.57 Å². The van der Waals surface area contributed by atoms with E-state index in [-0.39, 0.29) is 0 Å². The van der Waals surface area contributed by atoms with E-state index in [2.05, 4.69) is 19.9 Å². The van der Waals surface area contributed by atoms with Crippen LogP contribution in [0, 0.1) is 0 Å². The predicted octanol–water partition coefficient (Wildman–Crippen LogP) is 3.23. The third-order valence-electron chi connectivity index (χ3n) is 2.02. The number of rotatable bonds is 4. The first kappa shape index (κ1) is 11.3. The van der Waals surface area contributed by atoms with Gasteiger partial charge in [0.25, 0.3) is 0 Å². The molecule has 1 aromatic carbocycles. The molecule has 0 aliphatic heterocycles. The van der Waals surface area contributed by atoms with Gasteiger partial charge in [0.05, 0.1) is 0 Å². The third kappa shape index (κ3) is 3.93. The number of benzene rings is 1. The molecule has 0 radical (unpaired) electrons. The maximum Gasteiger partial charge on any atom is 0.104 e. The van der Waals surface area contributed by atoms with E-state index in [0.717, 1.165) is 17.9 Å². The smallest absolute Gasteiger partial charge is 0.104 e. The van der Waals surface area contributed by atoms with Gasteiger partial charge in [0, 0.05) is 11.5 Å². The molecule has 0 spiro atoms. The minimum Gasteiger partial charge on any atom is -0.322 e. The first-order valence-electron chi connectivity index (χ1n) is 4.92. The van der Waals surface area contributed by atoms with Crippen molar-refractivity contribution >= 4 is 13.1 Å². The lowest BCUT2D eigenvalue weighted by Gasteiger charge is -1.99. The molecule has 0 fully saturated rings. The zero-order valence-corrected chi connectivity index (χ0v) is 9.79. The molecule has 0 saturated heterocycles. The lowest BCUT2D eigenvalue weighted by atomic mass is 10.3. The quantitative estimate of drug-likeness (QED) is 0.548. The Balaban J connectivity index is 2.48. The van der Waals surface area contributed by atoms with Crippen LogP contribution in [0.2, 0.25) is 0 Å². The summed E-state index contributed by atoms with van der Waals surface area (Å²) in [5.41, 5.74) is 1.30. The van der Waals surface area contributed by atoms with Gasteiger partial charge in [-0.3, -0.25) is 0 Å². The van der Waals surface area contributed by atoms with Crippen molar-refractivity contribution in [2.75, 3.05) is 6.16 Å². The summed E-state index contributed by atoms with van der Waals surface area (Å²) in [6, 6.07) is 9.74. The molecule has 0 saturated carbocycles. The Morgan fingerprint density at radius 3 is 2.50 bits per heavy atom. The molecule has 2 heteroatoms. The van der Waals surface area contributed by atoms with Gasteiger partial charge in [-0.1, -0.05) is 42.0 Å². The van der Waals surface area contributed by atoms with Crippen LogP contribution < -0.4 is 5.30 Å². The van der Waals surface area contributed by atoms with E-state index in [9.17, 15) is 4.57 Å². The molecule has 0 aliphatic carbocycles. The summed E-state index contributed by atoms with van der Waals surface area (Å²) in [6.07, 6.45) is 3.86. The number of hydrogen-bond acceptors (Lipinski definition) is 1. The maximum absolute atomic E-state index is 11.8. The summed E-state index contributed by atoms with van der Waals surface area (Å²) in [4.78, 5) is 0. The van der Waals surface area contributed by atoms with Crippen molar-refractivity contribution in [3.8, 4) is 0 Å². The van der Waals surface area contributed by atoms with Crippen molar-refractivity contribution in [1.82, 2.24) is 0 Å². The van der Waals surface area contributed by atoms with Crippen LogP contribution >= 0.6 is 7.80 Å². The molecular formula is C12H17OP. The van der Waals surface area contributed by atoms with Crippen molar-refractivity contribution in [3.63, 3.8) is 0 Å². The van der Waals surface area contributed by atoms with E-state index in [1.807, 2.05) is 30.3 Å². The van der Waals surface area contributed by atoms with Gasteiger partial charge in [-0.15, -0.1) is 0 Å². The van der Waals surface area contributed by atoms with Crippen LogP contribution in [0.25, 0.3) is 0 Å². The summed E-state index contributed by atoms with van der Waals surface area (Å²) in [7, 11) is -1.56. The average molecular weight is 208 g/mol. The zero-order valence-electron chi connectivity index (χ0n) is 8.79. The van der Waals surface area contributed by atoms with E-state index >= 15 is 0 Å². The Kier molecular flexibility index (Phi) is 4.69. The molecule has 1 nitrogen and oxygen atoms in total. The van der Waals surface area contributed by atoms with Crippen LogP contribution in [-0.4, -0.2) is 6.16 Å².